The molecular weight excluding hydrogens is 361 g/mol. The standard InChI is InChI=1S/C16H20IN3/c1-5-11-8-6-7-9-12(11)15-19-14(10(2)3)13(17)16(18-4)20-15/h6-10H,5H2,1-4H3,(H,18,19,20). The summed E-state index contributed by atoms with van der Waals surface area (Å²) in [5.74, 6) is 2.10. The summed E-state index contributed by atoms with van der Waals surface area (Å²) in [4.78, 5) is 9.48. The molecule has 0 aliphatic heterocycles. The minimum absolute atomic E-state index is 0.379. The Kier molecular flexibility index (Phi) is 4.96. The van der Waals surface area contributed by atoms with Gasteiger partial charge in [0.1, 0.15) is 5.82 Å². The summed E-state index contributed by atoms with van der Waals surface area (Å²) < 4.78 is 1.11. The second-order valence-corrected chi connectivity index (χ2v) is 6.09. The summed E-state index contributed by atoms with van der Waals surface area (Å²) in [5, 5.41) is 3.18. The van der Waals surface area contributed by atoms with Crippen LogP contribution >= 0.6 is 22.6 Å². The minimum atomic E-state index is 0.379. The van der Waals surface area contributed by atoms with Gasteiger partial charge in [0, 0.05) is 12.6 Å². The summed E-state index contributed by atoms with van der Waals surface area (Å²) in [7, 11) is 1.91. The van der Waals surface area contributed by atoms with Gasteiger partial charge in [-0.15, -0.1) is 0 Å². The van der Waals surface area contributed by atoms with Gasteiger partial charge in [0.25, 0.3) is 0 Å². The number of nitrogens with zero attached hydrogens (tertiary/aromatic N) is 2. The van der Waals surface area contributed by atoms with Crippen LogP contribution < -0.4 is 5.32 Å². The molecule has 0 aliphatic carbocycles. The van der Waals surface area contributed by atoms with Gasteiger partial charge in [-0.1, -0.05) is 45.0 Å². The number of halogens is 1. The van der Waals surface area contributed by atoms with Gasteiger partial charge in [-0.2, -0.15) is 0 Å². The van der Waals surface area contributed by atoms with E-state index in [-0.39, 0.29) is 0 Å². The van der Waals surface area contributed by atoms with Gasteiger partial charge < -0.3 is 5.32 Å². The largest absolute Gasteiger partial charge is 0.372 e. The van der Waals surface area contributed by atoms with Crippen LogP contribution in [0.3, 0.4) is 0 Å². The molecule has 0 bridgehead atoms. The van der Waals surface area contributed by atoms with E-state index in [4.69, 9.17) is 4.98 Å². The second-order valence-electron chi connectivity index (χ2n) is 5.01. The summed E-state index contributed by atoms with van der Waals surface area (Å²) in [6.07, 6.45) is 0.984. The summed E-state index contributed by atoms with van der Waals surface area (Å²) in [6.45, 7) is 6.49. The molecule has 0 fully saturated rings. The Labute approximate surface area is 134 Å². The maximum Gasteiger partial charge on any atom is 0.162 e. The maximum absolute atomic E-state index is 4.80. The molecule has 2 aromatic rings. The smallest absolute Gasteiger partial charge is 0.162 e. The maximum atomic E-state index is 4.80. The fourth-order valence-electron chi connectivity index (χ4n) is 2.18. The van der Waals surface area contributed by atoms with Crippen molar-refractivity contribution in [2.75, 3.05) is 12.4 Å². The van der Waals surface area contributed by atoms with Crippen LogP contribution in [0.1, 0.15) is 37.9 Å². The molecule has 1 aromatic heterocycles. The Morgan fingerprint density at radius 2 is 1.90 bits per heavy atom. The number of benzene rings is 1. The summed E-state index contributed by atoms with van der Waals surface area (Å²) in [5.41, 5.74) is 3.51. The predicted octanol–water partition coefficient (Wildman–Crippen LogP) is 4.48. The fraction of sp³-hybridized carbons (Fsp3) is 0.375. The van der Waals surface area contributed by atoms with Crippen molar-refractivity contribution >= 4 is 28.4 Å². The molecule has 0 radical (unpaired) electrons. The molecule has 1 aromatic carbocycles. The van der Waals surface area contributed by atoms with E-state index < -0.39 is 0 Å². The van der Waals surface area contributed by atoms with E-state index in [0.717, 1.165) is 32.9 Å². The van der Waals surface area contributed by atoms with Crippen LogP contribution in [0.25, 0.3) is 11.4 Å². The molecular formula is C16H20IN3. The molecule has 0 saturated carbocycles. The molecule has 1 N–H and O–H groups in total. The number of rotatable bonds is 4. The van der Waals surface area contributed by atoms with Gasteiger partial charge in [-0.05, 0) is 40.5 Å². The second kappa shape index (κ2) is 6.52. The summed E-state index contributed by atoms with van der Waals surface area (Å²) in [6, 6.07) is 8.36. The van der Waals surface area contributed by atoms with Gasteiger partial charge in [0.05, 0.1) is 9.26 Å². The fourth-order valence-corrected chi connectivity index (χ4v) is 3.31. The average molecular weight is 381 g/mol. The van der Waals surface area contributed by atoms with E-state index in [1.807, 2.05) is 13.1 Å². The monoisotopic (exact) mass is 381 g/mol. The Morgan fingerprint density at radius 3 is 2.50 bits per heavy atom. The zero-order valence-corrected chi connectivity index (χ0v) is 14.5. The predicted molar refractivity (Wildman–Crippen MR) is 93.2 cm³/mol. The summed E-state index contributed by atoms with van der Waals surface area (Å²) >= 11 is 2.32. The highest BCUT2D eigenvalue weighted by atomic mass is 127. The van der Waals surface area contributed by atoms with Crippen molar-refractivity contribution in [2.45, 2.75) is 33.1 Å². The van der Waals surface area contributed by atoms with Crippen molar-refractivity contribution in [1.82, 2.24) is 9.97 Å². The van der Waals surface area contributed by atoms with Crippen molar-refractivity contribution in [3.05, 3.63) is 39.1 Å². The SMILES string of the molecule is CCc1ccccc1-c1nc(NC)c(I)c(C(C)C)n1. The molecule has 20 heavy (non-hydrogen) atoms. The van der Waals surface area contributed by atoms with Crippen LogP contribution in [-0.4, -0.2) is 17.0 Å². The van der Waals surface area contributed by atoms with Gasteiger partial charge in [0.2, 0.25) is 0 Å². The van der Waals surface area contributed by atoms with Crippen molar-refractivity contribution in [1.29, 1.82) is 0 Å². The third-order valence-corrected chi connectivity index (χ3v) is 4.36. The van der Waals surface area contributed by atoms with Crippen LogP contribution in [0.4, 0.5) is 5.82 Å². The first kappa shape index (κ1) is 15.2. The molecule has 0 amide bonds. The molecule has 0 saturated heterocycles. The molecule has 106 valence electrons. The van der Waals surface area contributed by atoms with Crippen LogP contribution in [0.5, 0.6) is 0 Å². The highest BCUT2D eigenvalue weighted by Gasteiger charge is 2.16. The molecule has 0 aliphatic rings. The van der Waals surface area contributed by atoms with E-state index in [2.05, 4.69) is 71.9 Å². The topological polar surface area (TPSA) is 37.8 Å². The van der Waals surface area contributed by atoms with Crippen LogP contribution in [-0.2, 0) is 6.42 Å². The number of hydrogen-bond acceptors (Lipinski definition) is 3. The van der Waals surface area contributed by atoms with E-state index in [9.17, 15) is 0 Å². The first-order valence-corrected chi connectivity index (χ1v) is 7.99. The van der Waals surface area contributed by atoms with Crippen molar-refractivity contribution in [3.63, 3.8) is 0 Å². The lowest BCUT2D eigenvalue weighted by Gasteiger charge is -2.14. The number of nitrogens with one attached hydrogen (secondary N) is 1. The molecule has 2 rings (SSSR count). The highest BCUT2D eigenvalue weighted by Crippen LogP contribution is 2.29. The average Bonchev–Trinajstić information content (AvgIpc) is 2.47. The lowest BCUT2D eigenvalue weighted by atomic mass is 10.0. The Bertz CT molecular complexity index is 609. The number of anilines is 1. The first-order valence-electron chi connectivity index (χ1n) is 6.91. The molecule has 3 nitrogen and oxygen atoms in total. The van der Waals surface area contributed by atoms with Crippen LogP contribution in [0.2, 0.25) is 0 Å². The van der Waals surface area contributed by atoms with E-state index >= 15 is 0 Å². The van der Waals surface area contributed by atoms with E-state index in [1.54, 1.807) is 0 Å². The third-order valence-electron chi connectivity index (χ3n) is 3.30. The van der Waals surface area contributed by atoms with Crippen molar-refractivity contribution in [3.8, 4) is 11.4 Å². The zero-order valence-electron chi connectivity index (χ0n) is 12.4. The van der Waals surface area contributed by atoms with Gasteiger partial charge in [-0.25, -0.2) is 9.97 Å². The number of hydrogen-bond donors (Lipinski definition) is 1. The lowest BCUT2D eigenvalue weighted by Crippen LogP contribution is -2.07. The highest BCUT2D eigenvalue weighted by molar-refractivity contribution is 14.1. The Hall–Kier alpha value is -1.17. The van der Waals surface area contributed by atoms with Crippen molar-refractivity contribution < 1.29 is 0 Å². The molecule has 0 unspecified atom stereocenters. The molecule has 4 heteroatoms. The van der Waals surface area contributed by atoms with Crippen LogP contribution in [0.15, 0.2) is 24.3 Å². The first-order chi connectivity index (χ1) is 9.58. The normalized spacial score (nSPS) is 10.9. The zero-order chi connectivity index (χ0) is 14.7. The van der Waals surface area contributed by atoms with E-state index in [1.165, 1.54) is 5.56 Å². The van der Waals surface area contributed by atoms with Gasteiger partial charge >= 0.3 is 0 Å². The molecule has 0 spiro atoms. The number of aromatic nitrogens is 2. The quantitative estimate of drug-likeness (QED) is 0.794. The van der Waals surface area contributed by atoms with Gasteiger partial charge in [0.15, 0.2) is 5.82 Å². The third kappa shape index (κ3) is 2.95. The number of aryl methyl sites for hydroxylation is 1. The van der Waals surface area contributed by atoms with E-state index in [0.29, 0.717) is 5.92 Å². The van der Waals surface area contributed by atoms with Gasteiger partial charge in [-0.3, -0.25) is 0 Å². The Balaban J connectivity index is 2.65. The van der Waals surface area contributed by atoms with Crippen molar-refractivity contribution in [2.24, 2.45) is 0 Å². The minimum Gasteiger partial charge on any atom is -0.372 e. The van der Waals surface area contributed by atoms with Crippen LogP contribution in [0, 0.1) is 3.57 Å². The Morgan fingerprint density at radius 1 is 1.20 bits per heavy atom. The molecule has 0 atom stereocenters. The lowest BCUT2D eigenvalue weighted by molar-refractivity contribution is 0.809. The molecule has 1 heterocycles.